The minimum Gasteiger partial charge on any atom is -0.381 e. The number of amides is 1. The van der Waals surface area contributed by atoms with E-state index in [9.17, 15) is 9.59 Å². The lowest BCUT2D eigenvalue weighted by Crippen LogP contribution is -2.29. The van der Waals surface area contributed by atoms with Crippen molar-refractivity contribution in [1.82, 2.24) is 10.5 Å². The van der Waals surface area contributed by atoms with Crippen LogP contribution in [0.5, 0.6) is 0 Å². The third-order valence-electron chi connectivity index (χ3n) is 4.39. The molecule has 1 unspecified atom stereocenters. The Kier molecular flexibility index (Phi) is 7.12. The Morgan fingerprint density at radius 2 is 2.04 bits per heavy atom. The van der Waals surface area contributed by atoms with Crippen molar-refractivity contribution in [1.29, 1.82) is 0 Å². The Bertz CT molecular complexity index is 738. The van der Waals surface area contributed by atoms with Crippen LogP contribution in [0, 0.1) is 5.92 Å². The van der Waals surface area contributed by atoms with Gasteiger partial charge in [-0.05, 0) is 12.0 Å². The molecule has 1 aliphatic heterocycles. The molecule has 27 heavy (non-hydrogen) atoms. The SMILES string of the molecule is O=C(CCC(=O)c1cc(COCc2ccccc2)on1)NCC1CCOC1. The number of hydrogen-bond acceptors (Lipinski definition) is 6. The maximum Gasteiger partial charge on any atom is 0.220 e. The Labute approximate surface area is 158 Å². The third kappa shape index (κ3) is 6.30. The zero-order valence-corrected chi connectivity index (χ0v) is 15.2. The summed E-state index contributed by atoms with van der Waals surface area (Å²) in [7, 11) is 0. The fourth-order valence-electron chi connectivity index (χ4n) is 2.80. The summed E-state index contributed by atoms with van der Waals surface area (Å²) in [5.74, 6) is 0.510. The number of nitrogens with one attached hydrogen (secondary N) is 1. The van der Waals surface area contributed by atoms with Gasteiger partial charge in [-0.2, -0.15) is 0 Å². The van der Waals surface area contributed by atoms with E-state index in [1.807, 2.05) is 30.3 Å². The van der Waals surface area contributed by atoms with Crippen LogP contribution in [0.1, 0.15) is 41.1 Å². The summed E-state index contributed by atoms with van der Waals surface area (Å²) in [4.78, 5) is 24.0. The Balaban J connectivity index is 1.35. The monoisotopic (exact) mass is 372 g/mol. The number of Topliss-reactive ketones (excluding diaryl/α,β-unsaturated/α-hetero) is 1. The molecule has 1 fully saturated rings. The van der Waals surface area contributed by atoms with Crippen LogP contribution in [-0.2, 0) is 27.5 Å². The number of ketones is 1. The van der Waals surface area contributed by atoms with Gasteiger partial charge in [-0.15, -0.1) is 0 Å². The molecule has 1 aliphatic rings. The fraction of sp³-hybridized carbons (Fsp3) is 0.450. The van der Waals surface area contributed by atoms with E-state index in [1.165, 1.54) is 0 Å². The number of carbonyl (C=O) groups is 2. The lowest BCUT2D eigenvalue weighted by atomic mass is 10.1. The molecule has 1 saturated heterocycles. The van der Waals surface area contributed by atoms with Gasteiger partial charge in [0.25, 0.3) is 0 Å². The van der Waals surface area contributed by atoms with E-state index in [0.717, 1.165) is 18.6 Å². The summed E-state index contributed by atoms with van der Waals surface area (Å²) in [6.45, 7) is 2.73. The predicted octanol–water partition coefficient (Wildman–Crippen LogP) is 2.51. The van der Waals surface area contributed by atoms with Crippen LogP contribution < -0.4 is 5.32 Å². The topological polar surface area (TPSA) is 90.7 Å². The van der Waals surface area contributed by atoms with E-state index in [2.05, 4.69) is 10.5 Å². The Morgan fingerprint density at radius 1 is 1.19 bits per heavy atom. The maximum atomic E-state index is 12.2. The average molecular weight is 372 g/mol. The Morgan fingerprint density at radius 3 is 2.81 bits per heavy atom. The van der Waals surface area contributed by atoms with Crippen molar-refractivity contribution in [2.45, 2.75) is 32.5 Å². The van der Waals surface area contributed by atoms with Gasteiger partial charge in [0.15, 0.2) is 11.5 Å². The molecule has 144 valence electrons. The van der Waals surface area contributed by atoms with Gasteiger partial charge < -0.3 is 19.3 Å². The van der Waals surface area contributed by atoms with Gasteiger partial charge >= 0.3 is 0 Å². The summed E-state index contributed by atoms with van der Waals surface area (Å²) in [5, 5.41) is 6.62. The first-order valence-electron chi connectivity index (χ1n) is 9.15. The van der Waals surface area contributed by atoms with Gasteiger partial charge in [0, 0.05) is 38.0 Å². The van der Waals surface area contributed by atoms with Crippen LogP contribution in [0.3, 0.4) is 0 Å². The van der Waals surface area contributed by atoms with E-state index in [1.54, 1.807) is 6.07 Å². The number of aromatic nitrogens is 1. The fourth-order valence-corrected chi connectivity index (χ4v) is 2.80. The summed E-state index contributed by atoms with van der Waals surface area (Å²) in [6, 6.07) is 11.4. The van der Waals surface area contributed by atoms with Crippen molar-refractivity contribution >= 4 is 11.7 Å². The van der Waals surface area contributed by atoms with Gasteiger partial charge in [-0.1, -0.05) is 35.5 Å². The van der Waals surface area contributed by atoms with Gasteiger partial charge in [0.1, 0.15) is 12.3 Å². The van der Waals surface area contributed by atoms with Crippen LogP contribution >= 0.6 is 0 Å². The largest absolute Gasteiger partial charge is 0.381 e. The van der Waals surface area contributed by atoms with Crippen molar-refractivity contribution in [2.75, 3.05) is 19.8 Å². The minimum absolute atomic E-state index is 0.101. The molecule has 3 rings (SSSR count). The highest BCUT2D eigenvalue weighted by molar-refractivity contribution is 5.96. The third-order valence-corrected chi connectivity index (χ3v) is 4.39. The lowest BCUT2D eigenvalue weighted by molar-refractivity contribution is -0.121. The highest BCUT2D eigenvalue weighted by atomic mass is 16.5. The lowest BCUT2D eigenvalue weighted by Gasteiger charge is -2.08. The zero-order chi connectivity index (χ0) is 18.9. The number of carbonyl (C=O) groups excluding carboxylic acids is 2. The number of benzene rings is 1. The van der Waals surface area contributed by atoms with Crippen molar-refractivity contribution in [3.8, 4) is 0 Å². The number of rotatable bonds is 10. The second kappa shape index (κ2) is 9.99. The van der Waals surface area contributed by atoms with Gasteiger partial charge in [-0.3, -0.25) is 9.59 Å². The van der Waals surface area contributed by atoms with Crippen molar-refractivity contribution in [3.63, 3.8) is 0 Å². The normalized spacial score (nSPS) is 16.4. The summed E-state index contributed by atoms with van der Waals surface area (Å²) in [6.07, 6.45) is 1.20. The number of nitrogens with zero attached hydrogens (tertiary/aromatic N) is 1. The molecule has 1 amide bonds. The van der Waals surface area contributed by atoms with Gasteiger partial charge in [-0.25, -0.2) is 0 Å². The molecular weight excluding hydrogens is 348 g/mol. The highest BCUT2D eigenvalue weighted by Crippen LogP contribution is 2.12. The van der Waals surface area contributed by atoms with E-state index in [4.69, 9.17) is 14.0 Å². The molecule has 0 bridgehead atoms. The molecular formula is C20H24N2O5. The van der Waals surface area contributed by atoms with E-state index in [-0.39, 0.29) is 36.8 Å². The average Bonchev–Trinajstić information content (AvgIpc) is 3.37. The van der Waals surface area contributed by atoms with E-state index < -0.39 is 0 Å². The smallest absolute Gasteiger partial charge is 0.220 e. The first kappa shape index (κ1) is 19.3. The van der Waals surface area contributed by atoms with E-state index >= 15 is 0 Å². The second-order valence-corrected chi connectivity index (χ2v) is 6.61. The minimum atomic E-state index is -0.215. The molecule has 7 heteroatoms. The van der Waals surface area contributed by atoms with Crippen LogP contribution in [0.4, 0.5) is 0 Å². The molecule has 0 aliphatic carbocycles. The predicted molar refractivity (Wildman–Crippen MR) is 96.9 cm³/mol. The maximum absolute atomic E-state index is 12.2. The van der Waals surface area contributed by atoms with Crippen molar-refractivity contribution < 1.29 is 23.6 Å². The zero-order valence-electron chi connectivity index (χ0n) is 15.2. The molecule has 0 saturated carbocycles. The first-order chi connectivity index (χ1) is 13.2. The van der Waals surface area contributed by atoms with Gasteiger partial charge in [0.05, 0.1) is 13.2 Å². The molecule has 1 atom stereocenters. The summed E-state index contributed by atoms with van der Waals surface area (Å²) >= 11 is 0. The first-order valence-corrected chi connectivity index (χ1v) is 9.15. The Hall–Kier alpha value is -2.51. The molecule has 1 aromatic carbocycles. The molecule has 1 N–H and O–H groups in total. The standard InChI is InChI=1S/C20H24N2O5/c23-19(6-7-20(24)21-11-16-8-9-25-13-16)18-10-17(27-22-18)14-26-12-15-4-2-1-3-5-15/h1-5,10,16H,6-9,11-14H2,(H,21,24). The van der Waals surface area contributed by atoms with Crippen LogP contribution in [-0.4, -0.2) is 36.6 Å². The van der Waals surface area contributed by atoms with Crippen molar-refractivity contribution in [3.05, 3.63) is 53.4 Å². The second-order valence-electron chi connectivity index (χ2n) is 6.61. The van der Waals surface area contributed by atoms with Crippen molar-refractivity contribution in [2.24, 2.45) is 5.92 Å². The summed E-state index contributed by atoms with van der Waals surface area (Å²) in [5.41, 5.74) is 1.29. The molecule has 0 spiro atoms. The van der Waals surface area contributed by atoms with Crippen LogP contribution in [0.2, 0.25) is 0 Å². The molecule has 0 radical (unpaired) electrons. The van der Waals surface area contributed by atoms with Crippen LogP contribution in [0.15, 0.2) is 40.9 Å². The van der Waals surface area contributed by atoms with E-state index in [0.29, 0.717) is 31.4 Å². The summed E-state index contributed by atoms with van der Waals surface area (Å²) < 4.78 is 16.0. The number of ether oxygens (including phenoxy) is 2. The van der Waals surface area contributed by atoms with Gasteiger partial charge in [0.2, 0.25) is 5.91 Å². The number of hydrogen-bond donors (Lipinski definition) is 1. The van der Waals surface area contributed by atoms with Crippen LogP contribution in [0.25, 0.3) is 0 Å². The molecule has 2 heterocycles. The quantitative estimate of drug-likeness (QED) is 0.645. The molecule has 7 nitrogen and oxygen atoms in total. The molecule has 2 aromatic rings. The highest BCUT2D eigenvalue weighted by Gasteiger charge is 2.18. The molecule has 1 aromatic heterocycles.